The predicted molar refractivity (Wildman–Crippen MR) is 74.5 cm³/mol. The molecular weight excluding hydrogens is 304 g/mol. The van der Waals surface area contributed by atoms with Crippen LogP contribution in [-0.2, 0) is 9.68 Å². The van der Waals surface area contributed by atoms with Gasteiger partial charge in [0.2, 0.25) is 0 Å². The number of carbonyl (C=O) groups is 2. The normalized spacial score (nSPS) is 12.4. The van der Waals surface area contributed by atoms with Crippen molar-refractivity contribution in [2.45, 2.75) is 0 Å². The zero-order valence-electron chi connectivity index (χ0n) is 11.1. The Bertz CT molecular complexity index is 434. The van der Waals surface area contributed by atoms with E-state index in [0.717, 1.165) is 0 Å². The van der Waals surface area contributed by atoms with E-state index in [1.165, 1.54) is 0 Å². The highest BCUT2D eigenvalue weighted by Crippen LogP contribution is 2.22. The van der Waals surface area contributed by atoms with Gasteiger partial charge < -0.3 is 15.1 Å². The quantitative estimate of drug-likeness (QED) is 0.493. The highest BCUT2D eigenvalue weighted by atomic mass is 35.5. The third-order valence-corrected chi connectivity index (χ3v) is 2.28. The second-order valence-corrected chi connectivity index (χ2v) is 3.60. The number of benzene rings is 1. The number of aliphatic hydroxyl groups excluding tert-OH is 2. The largest absolute Gasteiger partial charge is 0.394 e. The number of carbonyl (C=O) groups excluding carboxylic acids is 2. The molecule has 9 heteroatoms. The van der Waals surface area contributed by atoms with E-state index in [0.29, 0.717) is 16.2 Å². The van der Waals surface area contributed by atoms with Gasteiger partial charge in [0, 0.05) is 0 Å². The number of hydrogen-bond donors (Lipinski definition) is 3. The van der Waals surface area contributed by atoms with E-state index in [1.807, 2.05) is 0 Å². The van der Waals surface area contributed by atoms with Gasteiger partial charge in [0.25, 0.3) is 11.8 Å². The monoisotopic (exact) mass is 320 g/mol. The van der Waals surface area contributed by atoms with Crippen molar-refractivity contribution in [3.63, 3.8) is 0 Å². The van der Waals surface area contributed by atoms with Crippen LogP contribution in [0.5, 0.6) is 0 Å². The van der Waals surface area contributed by atoms with Crippen molar-refractivity contribution in [3.8, 4) is 0 Å². The number of amides is 2. The summed E-state index contributed by atoms with van der Waals surface area (Å²) in [6, 6.07) is 6.49. The minimum atomic E-state index is -0.482. The predicted octanol–water partition coefficient (Wildman–Crippen LogP) is -0.503. The lowest BCUT2D eigenvalue weighted by atomic mass is 10.1. The molecule has 0 unspecified atom stereocenters. The van der Waals surface area contributed by atoms with Crippen LogP contribution in [0.2, 0.25) is 0 Å². The molecule has 0 saturated heterocycles. The van der Waals surface area contributed by atoms with Crippen LogP contribution in [0, 0.1) is 0 Å². The molecule has 0 radical (unpaired) electrons. The molecule has 1 heterocycles. The van der Waals surface area contributed by atoms with Crippen molar-refractivity contribution in [3.05, 3.63) is 35.4 Å². The Kier molecular flexibility index (Phi) is 9.46. The molecule has 0 aromatic heterocycles. The van der Waals surface area contributed by atoms with Crippen molar-refractivity contribution in [1.82, 2.24) is 5.06 Å². The Hall–Kier alpha value is -1.55. The first-order chi connectivity index (χ1) is 9.67. The fourth-order valence-corrected chi connectivity index (χ4v) is 1.47. The van der Waals surface area contributed by atoms with Gasteiger partial charge in [-0.25, -0.2) is 5.90 Å². The minimum absolute atomic E-state index is 0. The van der Waals surface area contributed by atoms with Gasteiger partial charge >= 0.3 is 0 Å². The zero-order valence-corrected chi connectivity index (χ0v) is 11.9. The average molecular weight is 321 g/mol. The molecule has 1 aromatic rings. The lowest BCUT2D eigenvalue weighted by molar-refractivity contribution is -0.0994. The number of hydroxylamine groups is 2. The summed E-state index contributed by atoms with van der Waals surface area (Å²) in [6.07, 6.45) is 0. The number of fused-ring (bicyclic) bond motifs is 1. The highest BCUT2D eigenvalue weighted by molar-refractivity contribution is 6.20. The summed E-state index contributed by atoms with van der Waals surface area (Å²) in [4.78, 5) is 32.0. The maximum Gasteiger partial charge on any atom is 0.285 e. The summed E-state index contributed by atoms with van der Waals surface area (Å²) in [5.74, 6) is 3.51. The molecule has 0 bridgehead atoms. The number of aliphatic hydroxyl groups is 2. The number of imide groups is 1. The van der Waals surface area contributed by atoms with Gasteiger partial charge in [0.1, 0.15) is 0 Å². The number of rotatable bonds is 5. The van der Waals surface area contributed by atoms with E-state index in [2.05, 4.69) is 10.7 Å². The first-order valence-corrected chi connectivity index (χ1v) is 5.81. The van der Waals surface area contributed by atoms with Gasteiger partial charge in [0.05, 0.1) is 37.6 Å². The van der Waals surface area contributed by atoms with Crippen LogP contribution in [0.3, 0.4) is 0 Å². The van der Waals surface area contributed by atoms with E-state index in [1.54, 1.807) is 24.3 Å². The first-order valence-electron chi connectivity index (χ1n) is 5.81. The second kappa shape index (κ2) is 10.2. The third kappa shape index (κ3) is 5.05. The molecule has 0 fully saturated rings. The molecule has 0 atom stereocenters. The molecule has 1 aliphatic rings. The van der Waals surface area contributed by atoms with Gasteiger partial charge in [-0.3, -0.25) is 14.4 Å². The molecule has 1 aromatic carbocycles. The summed E-state index contributed by atoms with van der Waals surface area (Å²) in [7, 11) is 0. The van der Waals surface area contributed by atoms with Crippen LogP contribution >= 0.6 is 12.4 Å². The van der Waals surface area contributed by atoms with Crippen LogP contribution in [0.4, 0.5) is 0 Å². The molecular formula is C12H17ClN2O6. The summed E-state index contributed by atoms with van der Waals surface area (Å²) < 4.78 is 0. The number of nitrogens with zero attached hydrogens (tertiary/aromatic N) is 1. The standard InChI is InChI=1S/C10H9NO4.C2H7NO2.ClH/c12-5-6-15-11-9(13)7-3-1-2-4-8(7)10(11)14;3-5-2-1-4;/h1-4,12H,5-6H2;4H,1-3H2;1H. The van der Waals surface area contributed by atoms with E-state index in [4.69, 9.17) is 15.1 Å². The van der Waals surface area contributed by atoms with E-state index in [-0.39, 0.29) is 38.8 Å². The Morgan fingerprint density at radius 2 is 1.48 bits per heavy atom. The number of nitrogens with two attached hydrogens (primary N) is 1. The molecule has 2 rings (SSSR count). The molecule has 2 amide bonds. The lowest BCUT2D eigenvalue weighted by Gasteiger charge is -2.11. The summed E-state index contributed by atoms with van der Waals surface area (Å²) >= 11 is 0. The molecule has 0 aliphatic carbocycles. The van der Waals surface area contributed by atoms with Gasteiger partial charge in [-0.2, -0.15) is 0 Å². The fourth-order valence-electron chi connectivity index (χ4n) is 1.47. The SMILES string of the molecule is Cl.NOCCO.O=C1c2ccccc2C(=O)N1OCCO. The lowest BCUT2D eigenvalue weighted by Crippen LogP contribution is -2.31. The van der Waals surface area contributed by atoms with Gasteiger partial charge in [0.15, 0.2) is 0 Å². The smallest absolute Gasteiger partial charge is 0.285 e. The summed E-state index contributed by atoms with van der Waals surface area (Å²) in [6.45, 7) is -0.102. The van der Waals surface area contributed by atoms with Crippen LogP contribution in [0.15, 0.2) is 24.3 Å². The van der Waals surface area contributed by atoms with Crippen LogP contribution < -0.4 is 5.90 Å². The van der Waals surface area contributed by atoms with Crippen molar-refractivity contribution >= 4 is 24.2 Å². The van der Waals surface area contributed by atoms with Gasteiger partial charge in [-0.1, -0.05) is 12.1 Å². The maximum atomic E-state index is 11.6. The number of hydrogen-bond acceptors (Lipinski definition) is 7. The highest BCUT2D eigenvalue weighted by Gasteiger charge is 2.36. The Morgan fingerprint density at radius 1 is 1.00 bits per heavy atom. The average Bonchev–Trinajstić information content (AvgIpc) is 2.71. The van der Waals surface area contributed by atoms with Crippen LogP contribution in [0.1, 0.15) is 20.7 Å². The summed E-state index contributed by atoms with van der Waals surface area (Å²) in [5, 5.41) is 17.1. The first kappa shape index (κ1) is 19.4. The van der Waals surface area contributed by atoms with Gasteiger partial charge in [-0.05, 0) is 12.1 Å². The summed E-state index contributed by atoms with van der Waals surface area (Å²) in [5.41, 5.74) is 0.667. The van der Waals surface area contributed by atoms with E-state index in [9.17, 15) is 9.59 Å². The van der Waals surface area contributed by atoms with E-state index >= 15 is 0 Å². The van der Waals surface area contributed by atoms with Crippen molar-refractivity contribution in [1.29, 1.82) is 0 Å². The van der Waals surface area contributed by atoms with Gasteiger partial charge in [-0.15, -0.1) is 17.5 Å². The molecule has 1 aliphatic heterocycles. The maximum absolute atomic E-state index is 11.6. The zero-order chi connectivity index (χ0) is 15.0. The van der Waals surface area contributed by atoms with E-state index < -0.39 is 11.8 Å². The van der Waals surface area contributed by atoms with Crippen LogP contribution in [-0.4, -0.2) is 53.5 Å². The molecule has 4 N–H and O–H groups in total. The molecule has 8 nitrogen and oxygen atoms in total. The fraction of sp³-hybridized carbons (Fsp3) is 0.333. The molecule has 118 valence electrons. The Morgan fingerprint density at radius 3 is 1.81 bits per heavy atom. The molecule has 0 spiro atoms. The number of halogens is 1. The minimum Gasteiger partial charge on any atom is -0.394 e. The molecule has 0 saturated carbocycles. The van der Waals surface area contributed by atoms with Crippen molar-refractivity contribution in [2.75, 3.05) is 26.4 Å². The second-order valence-electron chi connectivity index (χ2n) is 3.60. The Balaban J connectivity index is 0.000000583. The van der Waals surface area contributed by atoms with Crippen molar-refractivity contribution in [2.24, 2.45) is 5.90 Å². The van der Waals surface area contributed by atoms with Crippen LogP contribution in [0.25, 0.3) is 0 Å². The topological polar surface area (TPSA) is 122 Å². The Labute approximate surface area is 127 Å². The molecule has 21 heavy (non-hydrogen) atoms. The van der Waals surface area contributed by atoms with Crippen molar-refractivity contribution < 1.29 is 29.5 Å². The third-order valence-electron chi connectivity index (χ3n) is 2.28.